The number of anilines is 3. The lowest BCUT2D eigenvalue weighted by Crippen LogP contribution is -2.46. The van der Waals surface area contributed by atoms with E-state index < -0.39 is 0 Å². The number of nitrogens with one attached hydrogen (secondary N) is 1. The van der Waals surface area contributed by atoms with Crippen LogP contribution in [-0.2, 0) is 4.79 Å². The fourth-order valence-corrected chi connectivity index (χ4v) is 3.89. The number of carbonyl (C=O) groups is 1. The molecule has 1 saturated heterocycles. The molecule has 0 saturated carbocycles. The molecular formula is C22H21F2N5OS. The summed E-state index contributed by atoms with van der Waals surface area (Å²) in [7, 11) is 0. The van der Waals surface area contributed by atoms with Crippen molar-refractivity contribution in [1.29, 1.82) is 0 Å². The number of nitrogens with zero attached hydrogens (tertiary/aromatic N) is 4. The molecule has 0 radical (unpaired) electrons. The van der Waals surface area contributed by atoms with Crippen LogP contribution in [0.5, 0.6) is 0 Å². The first-order valence-corrected chi connectivity index (χ1v) is 10.8. The molecule has 1 fully saturated rings. The van der Waals surface area contributed by atoms with Gasteiger partial charge in [0.05, 0.1) is 5.75 Å². The van der Waals surface area contributed by atoms with Crippen molar-refractivity contribution in [3.8, 4) is 0 Å². The van der Waals surface area contributed by atoms with Crippen molar-refractivity contribution in [2.75, 3.05) is 47.0 Å². The van der Waals surface area contributed by atoms with E-state index in [1.54, 1.807) is 12.1 Å². The molecule has 1 aliphatic heterocycles. The molecule has 4 rings (SSSR count). The zero-order chi connectivity index (χ0) is 21.6. The standard InChI is InChI=1S/C22H21F2N5OS/c23-16-1-5-18(6-2-16)25-21(30)15-31-22-10-9-20(26-27-22)29-13-11-28(12-14-29)19-7-3-17(24)4-8-19/h1-10H,11-15H2,(H,25,30). The number of benzene rings is 2. The van der Waals surface area contributed by atoms with Gasteiger partial charge in [0.1, 0.15) is 16.7 Å². The first kappa shape index (κ1) is 21.0. The van der Waals surface area contributed by atoms with E-state index in [-0.39, 0.29) is 23.3 Å². The lowest BCUT2D eigenvalue weighted by Gasteiger charge is -2.36. The Morgan fingerprint density at radius 1 is 0.839 bits per heavy atom. The number of amides is 1. The zero-order valence-electron chi connectivity index (χ0n) is 16.7. The normalized spacial score (nSPS) is 13.9. The van der Waals surface area contributed by atoms with E-state index in [1.165, 1.54) is 48.2 Å². The van der Waals surface area contributed by atoms with Crippen molar-refractivity contribution < 1.29 is 13.6 Å². The summed E-state index contributed by atoms with van der Waals surface area (Å²) in [6, 6.07) is 15.9. The third kappa shape index (κ3) is 5.69. The molecule has 0 unspecified atom stereocenters. The van der Waals surface area contributed by atoms with Crippen LogP contribution in [0.25, 0.3) is 0 Å². The number of rotatable bonds is 6. The maximum Gasteiger partial charge on any atom is 0.234 e. The van der Waals surface area contributed by atoms with Crippen LogP contribution in [0.3, 0.4) is 0 Å². The average molecular weight is 442 g/mol. The van der Waals surface area contributed by atoms with Gasteiger partial charge in [-0.2, -0.15) is 0 Å². The van der Waals surface area contributed by atoms with Crippen molar-refractivity contribution in [2.45, 2.75) is 5.03 Å². The molecule has 1 aliphatic rings. The number of hydrogen-bond donors (Lipinski definition) is 1. The molecule has 1 N–H and O–H groups in total. The molecule has 2 aromatic carbocycles. The monoisotopic (exact) mass is 441 g/mol. The van der Waals surface area contributed by atoms with Gasteiger partial charge in [0.15, 0.2) is 5.82 Å². The minimum atomic E-state index is -0.348. The van der Waals surface area contributed by atoms with Gasteiger partial charge in [-0.25, -0.2) is 8.78 Å². The van der Waals surface area contributed by atoms with E-state index >= 15 is 0 Å². The Balaban J connectivity index is 1.25. The Morgan fingerprint density at radius 3 is 2.06 bits per heavy atom. The van der Waals surface area contributed by atoms with E-state index in [2.05, 4.69) is 25.3 Å². The zero-order valence-corrected chi connectivity index (χ0v) is 17.5. The number of aromatic nitrogens is 2. The molecule has 0 bridgehead atoms. The number of carbonyl (C=O) groups excluding carboxylic acids is 1. The van der Waals surface area contributed by atoms with Gasteiger partial charge in [-0.05, 0) is 60.7 Å². The number of thioether (sulfide) groups is 1. The van der Waals surface area contributed by atoms with Gasteiger partial charge < -0.3 is 15.1 Å². The smallest absolute Gasteiger partial charge is 0.234 e. The van der Waals surface area contributed by atoms with Gasteiger partial charge in [0.25, 0.3) is 0 Å². The van der Waals surface area contributed by atoms with Crippen molar-refractivity contribution >= 4 is 34.9 Å². The fourth-order valence-electron chi connectivity index (χ4n) is 3.27. The summed E-state index contributed by atoms with van der Waals surface area (Å²) >= 11 is 1.29. The van der Waals surface area contributed by atoms with Crippen LogP contribution in [0, 0.1) is 11.6 Å². The lowest BCUT2D eigenvalue weighted by atomic mass is 10.2. The topological polar surface area (TPSA) is 61.4 Å². The van der Waals surface area contributed by atoms with Gasteiger partial charge >= 0.3 is 0 Å². The average Bonchev–Trinajstić information content (AvgIpc) is 2.80. The van der Waals surface area contributed by atoms with Crippen LogP contribution >= 0.6 is 11.8 Å². The first-order chi connectivity index (χ1) is 15.1. The molecule has 1 aromatic heterocycles. The molecule has 1 amide bonds. The Labute approximate surface area is 183 Å². The Hall–Kier alpha value is -3.20. The maximum absolute atomic E-state index is 13.1. The van der Waals surface area contributed by atoms with Crippen LogP contribution in [0.15, 0.2) is 65.7 Å². The Bertz CT molecular complexity index is 1010. The quantitative estimate of drug-likeness (QED) is 0.587. The molecule has 0 aliphatic carbocycles. The summed E-state index contributed by atoms with van der Waals surface area (Å²) in [6.07, 6.45) is 0. The third-order valence-corrected chi connectivity index (χ3v) is 5.82. The van der Waals surface area contributed by atoms with E-state index in [1.807, 2.05) is 12.1 Å². The van der Waals surface area contributed by atoms with Crippen LogP contribution in [0.4, 0.5) is 26.0 Å². The molecule has 3 aromatic rings. The van der Waals surface area contributed by atoms with Crippen LogP contribution in [0.1, 0.15) is 0 Å². The van der Waals surface area contributed by atoms with Gasteiger partial charge in [0.2, 0.25) is 5.91 Å². The van der Waals surface area contributed by atoms with E-state index in [4.69, 9.17) is 0 Å². The highest BCUT2D eigenvalue weighted by Crippen LogP contribution is 2.21. The number of hydrogen-bond acceptors (Lipinski definition) is 6. The predicted molar refractivity (Wildman–Crippen MR) is 119 cm³/mol. The number of halogens is 2. The third-order valence-electron chi connectivity index (χ3n) is 4.90. The molecule has 31 heavy (non-hydrogen) atoms. The SMILES string of the molecule is O=C(CSc1ccc(N2CCN(c3ccc(F)cc3)CC2)nn1)Nc1ccc(F)cc1. The highest BCUT2D eigenvalue weighted by Gasteiger charge is 2.19. The minimum Gasteiger partial charge on any atom is -0.368 e. The minimum absolute atomic E-state index is 0.182. The predicted octanol–water partition coefficient (Wildman–Crippen LogP) is 3.81. The highest BCUT2D eigenvalue weighted by atomic mass is 32.2. The van der Waals surface area contributed by atoms with Crippen molar-refractivity contribution in [2.24, 2.45) is 0 Å². The Kier molecular flexibility index (Phi) is 6.61. The molecule has 0 spiro atoms. The van der Waals surface area contributed by atoms with E-state index in [0.29, 0.717) is 10.7 Å². The van der Waals surface area contributed by atoms with Crippen molar-refractivity contribution in [3.05, 3.63) is 72.3 Å². The fraction of sp³-hybridized carbons (Fsp3) is 0.227. The van der Waals surface area contributed by atoms with Crippen molar-refractivity contribution in [3.63, 3.8) is 0 Å². The lowest BCUT2D eigenvalue weighted by molar-refractivity contribution is -0.113. The molecule has 0 atom stereocenters. The number of piperazine rings is 1. The van der Waals surface area contributed by atoms with Gasteiger partial charge in [-0.1, -0.05) is 11.8 Å². The molecule has 9 heteroatoms. The molecule has 2 heterocycles. The van der Waals surface area contributed by atoms with Crippen molar-refractivity contribution in [1.82, 2.24) is 10.2 Å². The maximum atomic E-state index is 13.1. The summed E-state index contributed by atoms with van der Waals surface area (Å²) < 4.78 is 26.0. The van der Waals surface area contributed by atoms with Gasteiger partial charge in [-0.15, -0.1) is 10.2 Å². The largest absolute Gasteiger partial charge is 0.368 e. The summed E-state index contributed by atoms with van der Waals surface area (Å²) in [5.74, 6) is 0.198. The summed E-state index contributed by atoms with van der Waals surface area (Å²) in [5, 5.41) is 11.9. The second-order valence-electron chi connectivity index (χ2n) is 7.02. The second kappa shape index (κ2) is 9.74. The first-order valence-electron chi connectivity index (χ1n) is 9.84. The molecule has 160 valence electrons. The van der Waals surface area contributed by atoms with Gasteiger partial charge in [0, 0.05) is 37.6 Å². The van der Waals surface area contributed by atoms with Crippen LogP contribution in [-0.4, -0.2) is 48.0 Å². The Morgan fingerprint density at radius 2 is 1.45 bits per heavy atom. The molecule has 6 nitrogen and oxygen atoms in total. The van der Waals surface area contributed by atoms with E-state index in [9.17, 15) is 13.6 Å². The molecular weight excluding hydrogens is 420 g/mol. The van der Waals surface area contributed by atoms with Crippen LogP contribution < -0.4 is 15.1 Å². The van der Waals surface area contributed by atoms with E-state index in [0.717, 1.165) is 37.7 Å². The highest BCUT2D eigenvalue weighted by molar-refractivity contribution is 7.99. The summed E-state index contributed by atoms with van der Waals surface area (Å²) in [5.41, 5.74) is 1.56. The van der Waals surface area contributed by atoms with Crippen LogP contribution in [0.2, 0.25) is 0 Å². The van der Waals surface area contributed by atoms with Gasteiger partial charge in [-0.3, -0.25) is 4.79 Å². The summed E-state index contributed by atoms with van der Waals surface area (Å²) in [6.45, 7) is 3.21. The second-order valence-corrected chi connectivity index (χ2v) is 8.02. The summed E-state index contributed by atoms with van der Waals surface area (Å²) in [4.78, 5) is 16.4.